The van der Waals surface area contributed by atoms with Crippen molar-refractivity contribution in [1.29, 1.82) is 0 Å². The summed E-state index contributed by atoms with van der Waals surface area (Å²) in [7, 11) is 0. The zero-order chi connectivity index (χ0) is 13.1. The summed E-state index contributed by atoms with van der Waals surface area (Å²) in [6, 6.07) is 7.90. The molecule has 0 amide bonds. The fraction of sp³-hybridized carbons (Fsp3) is 0.385. The molecule has 1 aromatic carbocycles. The van der Waals surface area contributed by atoms with Crippen LogP contribution in [0.3, 0.4) is 0 Å². The zero-order valence-corrected chi connectivity index (χ0v) is 12.1. The number of aliphatic hydroxyl groups is 1. The fourth-order valence-electron chi connectivity index (χ4n) is 1.88. The SMILES string of the molecule is CC(C)Cn1nnc(CO)c1-c1ccccc1Br. The van der Waals surface area contributed by atoms with E-state index in [1.165, 1.54) is 0 Å². The first-order valence-electron chi connectivity index (χ1n) is 5.91. The van der Waals surface area contributed by atoms with E-state index in [9.17, 15) is 5.11 Å². The third kappa shape index (κ3) is 2.62. The van der Waals surface area contributed by atoms with Crippen molar-refractivity contribution in [2.75, 3.05) is 0 Å². The standard InChI is InChI=1S/C13H16BrN3O/c1-9(2)7-17-13(12(8-18)15-16-17)10-5-3-4-6-11(10)14/h3-6,9,18H,7-8H2,1-2H3. The van der Waals surface area contributed by atoms with E-state index < -0.39 is 0 Å². The van der Waals surface area contributed by atoms with Gasteiger partial charge >= 0.3 is 0 Å². The highest BCUT2D eigenvalue weighted by atomic mass is 79.9. The first-order chi connectivity index (χ1) is 8.63. The molecule has 0 bridgehead atoms. The predicted octanol–water partition coefficient (Wildman–Crippen LogP) is 2.86. The number of nitrogens with zero attached hydrogens (tertiary/aromatic N) is 3. The van der Waals surface area contributed by atoms with Crippen LogP contribution < -0.4 is 0 Å². The Bertz CT molecular complexity index is 537. The zero-order valence-electron chi connectivity index (χ0n) is 10.5. The summed E-state index contributed by atoms with van der Waals surface area (Å²) in [6.45, 7) is 4.94. The molecule has 2 rings (SSSR count). The molecular formula is C13H16BrN3O. The van der Waals surface area contributed by atoms with Crippen molar-refractivity contribution in [3.8, 4) is 11.3 Å². The van der Waals surface area contributed by atoms with Crippen LogP contribution in [0.25, 0.3) is 11.3 Å². The van der Waals surface area contributed by atoms with Gasteiger partial charge in [0.05, 0.1) is 12.3 Å². The molecule has 1 N–H and O–H groups in total. The maximum atomic E-state index is 9.39. The Morgan fingerprint density at radius 3 is 2.67 bits per heavy atom. The molecule has 0 aliphatic heterocycles. The second-order valence-electron chi connectivity index (χ2n) is 4.60. The van der Waals surface area contributed by atoms with E-state index in [1.54, 1.807) is 0 Å². The molecule has 18 heavy (non-hydrogen) atoms. The minimum absolute atomic E-state index is 0.102. The molecule has 0 unspecified atom stereocenters. The van der Waals surface area contributed by atoms with Gasteiger partial charge < -0.3 is 5.11 Å². The Morgan fingerprint density at radius 1 is 1.33 bits per heavy atom. The molecule has 0 radical (unpaired) electrons. The highest BCUT2D eigenvalue weighted by Gasteiger charge is 2.16. The molecule has 1 aromatic heterocycles. The Labute approximate surface area is 115 Å². The molecule has 0 aliphatic rings. The first-order valence-corrected chi connectivity index (χ1v) is 6.71. The number of aromatic nitrogens is 3. The van der Waals surface area contributed by atoms with E-state index in [0.29, 0.717) is 11.6 Å². The average Bonchev–Trinajstić information content (AvgIpc) is 2.72. The van der Waals surface area contributed by atoms with E-state index in [4.69, 9.17) is 0 Å². The predicted molar refractivity (Wildman–Crippen MR) is 73.9 cm³/mol. The molecule has 1 heterocycles. The lowest BCUT2D eigenvalue weighted by Crippen LogP contribution is -2.08. The Kier molecular flexibility index (Phi) is 4.14. The van der Waals surface area contributed by atoms with Gasteiger partial charge in [-0.25, -0.2) is 4.68 Å². The van der Waals surface area contributed by atoms with E-state index >= 15 is 0 Å². The van der Waals surface area contributed by atoms with Gasteiger partial charge in [-0.05, 0) is 12.0 Å². The van der Waals surface area contributed by atoms with Crippen LogP contribution in [-0.2, 0) is 13.2 Å². The molecule has 0 spiro atoms. The maximum absolute atomic E-state index is 9.39. The van der Waals surface area contributed by atoms with Crippen molar-refractivity contribution in [2.45, 2.75) is 27.0 Å². The molecular weight excluding hydrogens is 294 g/mol. The van der Waals surface area contributed by atoms with E-state index in [0.717, 1.165) is 22.3 Å². The number of rotatable bonds is 4. The molecule has 0 aliphatic carbocycles. The van der Waals surface area contributed by atoms with Gasteiger partial charge in [0.15, 0.2) is 0 Å². The van der Waals surface area contributed by atoms with Gasteiger partial charge in [0.1, 0.15) is 5.69 Å². The fourth-order valence-corrected chi connectivity index (χ4v) is 2.35. The van der Waals surface area contributed by atoms with Gasteiger partial charge in [-0.15, -0.1) is 5.10 Å². The normalized spacial score (nSPS) is 11.2. The second-order valence-corrected chi connectivity index (χ2v) is 5.45. The van der Waals surface area contributed by atoms with Crippen molar-refractivity contribution in [2.24, 2.45) is 5.92 Å². The lowest BCUT2D eigenvalue weighted by Gasteiger charge is -2.11. The summed E-state index contributed by atoms with van der Waals surface area (Å²) in [5, 5.41) is 17.6. The summed E-state index contributed by atoms with van der Waals surface area (Å²) < 4.78 is 2.84. The van der Waals surface area contributed by atoms with Gasteiger partial charge in [-0.1, -0.05) is 53.2 Å². The molecule has 0 saturated heterocycles. The number of hydrogen-bond donors (Lipinski definition) is 1. The van der Waals surface area contributed by atoms with Crippen LogP contribution in [0.2, 0.25) is 0 Å². The van der Waals surface area contributed by atoms with Gasteiger partial charge in [0, 0.05) is 16.6 Å². The molecule has 96 valence electrons. The van der Waals surface area contributed by atoms with Crippen LogP contribution in [0, 0.1) is 5.92 Å². The van der Waals surface area contributed by atoms with Crippen molar-refractivity contribution in [3.63, 3.8) is 0 Å². The van der Waals surface area contributed by atoms with Crippen LogP contribution in [0.15, 0.2) is 28.7 Å². The Balaban J connectivity index is 2.54. The summed E-state index contributed by atoms with van der Waals surface area (Å²) in [4.78, 5) is 0. The molecule has 0 atom stereocenters. The quantitative estimate of drug-likeness (QED) is 0.945. The third-order valence-corrected chi connectivity index (χ3v) is 3.31. The lowest BCUT2D eigenvalue weighted by atomic mass is 10.1. The van der Waals surface area contributed by atoms with Gasteiger partial charge in [-0.2, -0.15) is 0 Å². The third-order valence-electron chi connectivity index (χ3n) is 2.62. The van der Waals surface area contributed by atoms with Gasteiger partial charge in [0.25, 0.3) is 0 Å². The van der Waals surface area contributed by atoms with Crippen molar-refractivity contribution in [3.05, 3.63) is 34.4 Å². The number of aliphatic hydroxyl groups excluding tert-OH is 1. The van der Waals surface area contributed by atoms with Crippen molar-refractivity contribution >= 4 is 15.9 Å². The minimum atomic E-state index is -0.102. The van der Waals surface area contributed by atoms with Crippen LogP contribution in [0.1, 0.15) is 19.5 Å². The number of halogens is 1. The van der Waals surface area contributed by atoms with Crippen LogP contribution >= 0.6 is 15.9 Å². The highest BCUT2D eigenvalue weighted by Crippen LogP contribution is 2.30. The van der Waals surface area contributed by atoms with Crippen LogP contribution in [0.5, 0.6) is 0 Å². The first kappa shape index (κ1) is 13.2. The summed E-state index contributed by atoms with van der Waals surface area (Å²) in [5.41, 5.74) is 2.51. The lowest BCUT2D eigenvalue weighted by molar-refractivity contribution is 0.277. The second kappa shape index (κ2) is 5.63. The summed E-state index contributed by atoms with van der Waals surface area (Å²) >= 11 is 3.53. The molecule has 4 nitrogen and oxygen atoms in total. The van der Waals surface area contributed by atoms with Crippen molar-refractivity contribution < 1.29 is 5.11 Å². The van der Waals surface area contributed by atoms with E-state index in [2.05, 4.69) is 40.1 Å². The number of benzene rings is 1. The maximum Gasteiger partial charge on any atom is 0.116 e. The van der Waals surface area contributed by atoms with Crippen LogP contribution in [0.4, 0.5) is 0 Å². The molecule has 2 aromatic rings. The van der Waals surface area contributed by atoms with Crippen LogP contribution in [-0.4, -0.2) is 20.1 Å². The molecule has 0 fully saturated rings. The van der Waals surface area contributed by atoms with Gasteiger partial charge in [-0.3, -0.25) is 0 Å². The van der Waals surface area contributed by atoms with E-state index in [-0.39, 0.29) is 6.61 Å². The van der Waals surface area contributed by atoms with Crippen molar-refractivity contribution in [1.82, 2.24) is 15.0 Å². The topological polar surface area (TPSA) is 50.9 Å². The highest BCUT2D eigenvalue weighted by molar-refractivity contribution is 9.10. The minimum Gasteiger partial charge on any atom is -0.390 e. The monoisotopic (exact) mass is 309 g/mol. The summed E-state index contributed by atoms with van der Waals surface area (Å²) in [5.74, 6) is 0.472. The summed E-state index contributed by atoms with van der Waals surface area (Å²) in [6.07, 6.45) is 0. The molecule has 0 saturated carbocycles. The molecule has 5 heteroatoms. The Hall–Kier alpha value is -1.20. The van der Waals surface area contributed by atoms with E-state index in [1.807, 2.05) is 28.9 Å². The average molecular weight is 310 g/mol. The number of hydrogen-bond acceptors (Lipinski definition) is 3. The Morgan fingerprint density at radius 2 is 2.06 bits per heavy atom. The smallest absolute Gasteiger partial charge is 0.116 e. The largest absolute Gasteiger partial charge is 0.390 e. The van der Waals surface area contributed by atoms with Gasteiger partial charge in [0.2, 0.25) is 0 Å².